The summed E-state index contributed by atoms with van der Waals surface area (Å²) < 4.78 is 0. The molecule has 0 spiro atoms. The molecule has 1 saturated carbocycles. The highest BCUT2D eigenvalue weighted by Crippen LogP contribution is 2.32. The van der Waals surface area contributed by atoms with Crippen molar-refractivity contribution in [2.24, 2.45) is 11.8 Å². The third-order valence-corrected chi connectivity index (χ3v) is 2.48. The van der Waals surface area contributed by atoms with Crippen molar-refractivity contribution in [3.63, 3.8) is 0 Å². The zero-order valence-corrected chi connectivity index (χ0v) is 6.48. The smallest absolute Gasteiger partial charge is 0.00235 e. The van der Waals surface area contributed by atoms with Gasteiger partial charge in [0.15, 0.2) is 0 Å². The summed E-state index contributed by atoms with van der Waals surface area (Å²) in [4.78, 5) is 0. The van der Waals surface area contributed by atoms with Gasteiger partial charge in [-0.25, -0.2) is 0 Å². The molecule has 0 aromatic carbocycles. The van der Waals surface area contributed by atoms with Gasteiger partial charge in [0.05, 0.1) is 0 Å². The molecule has 0 bridgehead atoms. The monoisotopic (exact) mass is 127 g/mol. The van der Waals surface area contributed by atoms with Crippen LogP contribution in [-0.4, -0.2) is 13.6 Å². The molecule has 0 aromatic rings. The molecule has 1 heteroatoms. The lowest BCUT2D eigenvalue weighted by Gasteiger charge is -2.31. The minimum atomic E-state index is 0.906. The molecule has 54 valence electrons. The normalized spacial score (nSPS) is 23.3. The van der Waals surface area contributed by atoms with E-state index in [1.54, 1.807) is 0 Å². The van der Waals surface area contributed by atoms with Crippen LogP contribution in [0.15, 0.2) is 0 Å². The van der Waals surface area contributed by atoms with E-state index in [9.17, 15) is 0 Å². The van der Waals surface area contributed by atoms with Crippen molar-refractivity contribution in [1.82, 2.24) is 5.32 Å². The van der Waals surface area contributed by atoms with E-state index < -0.39 is 0 Å². The van der Waals surface area contributed by atoms with Gasteiger partial charge in [-0.05, 0) is 25.4 Å². The second-order valence-corrected chi connectivity index (χ2v) is 3.23. The number of hydrogen-bond donors (Lipinski definition) is 1. The van der Waals surface area contributed by atoms with Gasteiger partial charge < -0.3 is 5.32 Å². The first kappa shape index (κ1) is 7.07. The average molecular weight is 127 g/mol. The second-order valence-electron chi connectivity index (χ2n) is 3.23. The van der Waals surface area contributed by atoms with E-state index in [-0.39, 0.29) is 0 Å². The average Bonchev–Trinajstić information content (AvgIpc) is 1.60. The molecule has 0 radical (unpaired) electrons. The molecule has 9 heavy (non-hydrogen) atoms. The molecule has 1 rings (SSSR count). The quantitative estimate of drug-likeness (QED) is 0.607. The van der Waals surface area contributed by atoms with E-state index in [4.69, 9.17) is 0 Å². The van der Waals surface area contributed by atoms with Crippen molar-refractivity contribution >= 4 is 0 Å². The van der Waals surface area contributed by atoms with Crippen molar-refractivity contribution in [3.05, 3.63) is 0 Å². The molecule has 1 fully saturated rings. The Kier molecular flexibility index (Phi) is 2.52. The van der Waals surface area contributed by atoms with Gasteiger partial charge >= 0.3 is 0 Å². The molecular formula is C8H17N. The highest BCUT2D eigenvalue weighted by molar-refractivity contribution is 4.75. The first-order valence-corrected chi connectivity index (χ1v) is 3.99. The van der Waals surface area contributed by atoms with E-state index >= 15 is 0 Å². The summed E-state index contributed by atoms with van der Waals surface area (Å²) in [6.07, 6.45) is 4.42. The summed E-state index contributed by atoms with van der Waals surface area (Å²) in [7, 11) is 2.04. The lowest BCUT2D eigenvalue weighted by Crippen LogP contribution is -2.27. The molecule has 0 aliphatic heterocycles. The Balaban J connectivity index is 2.08. The Bertz CT molecular complexity index is 76.6. The summed E-state index contributed by atoms with van der Waals surface area (Å²) in [6, 6.07) is 0. The van der Waals surface area contributed by atoms with E-state index in [2.05, 4.69) is 12.2 Å². The Labute approximate surface area is 57.8 Å². The summed E-state index contributed by atoms with van der Waals surface area (Å²) >= 11 is 0. The fourth-order valence-corrected chi connectivity index (χ4v) is 1.50. The van der Waals surface area contributed by atoms with Gasteiger partial charge in [0.25, 0.3) is 0 Å². The van der Waals surface area contributed by atoms with Gasteiger partial charge in [0, 0.05) is 0 Å². The van der Waals surface area contributed by atoms with Gasteiger partial charge in [0.1, 0.15) is 0 Å². The molecule has 0 heterocycles. The van der Waals surface area contributed by atoms with E-state index in [0.717, 1.165) is 11.8 Å². The first-order chi connectivity index (χ1) is 4.34. The molecule has 1 nitrogen and oxygen atoms in total. The molecule has 0 amide bonds. The summed E-state index contributed by atoms with van der Waals surface area (Å²) in [5, 5.41) is 3.22. The minimum absolute atomic E-state index is 0.906. The summed E-state index contributed by atoms with van der Waals surface area (Å²) in [6.45, 7) is 3.55. The van der Waals surface area contributed by atoms with Crippen molar-refractivity contribution < 1.29 is 0 Å². The van der Waals surface area contributed by atoms with Gasteiger partial charge in [-0.1, -0.05) is 26.2 Å². The minimum Gasteiger partial charge on any atom is -0.319 e. The molecule has 0 aromatic heterocycles. The first-order valence-electron chi connectivity index (χ1n) is 3.99. The Morgan fingerprint density at radius 2 is 2.22 bits per heavy atom. The summed E-state index contributed by atoms with van der Waals surface area (Å²) in [5.74, 6) is 1.95. The largest absolute Gasteiger partial charge is 0.319 e. The van der Waals surface area contributed by atoms with E-state index in [1.807, 2.05) is 7.05 Å². The van der Waals surface area contributed by atoms with Crippen LogP contribution in [0.2, 0.25) is 0 Å². The van der Waals surface area contributed by atoms with Crippen LogP contribution in [0.25, 0.3) is 0 Å². The van der Waals surface area contributed by atoms with Crippen molar-refractivity contribution in [3.8, 4) is 0 Å². The van der Waals surface area contributed by atoms with Gasteiger partial charge in [-0.2, -0.15) is 0 Å². The zero-order valence-electron chi connectivity index (χ0n) is 6.48. The SMILES string of the molecule is CNCC(C)C1CCC1. The molecule has 1 aliphatic rings. The topological polar surface area (TPSA) is 12.0 Å². The maximum atomic E-state index is 3.22. The summed E-state index contributed by atoms with van der Waals surface area (Å²) in [5.41, 5.74) is 0. The number of rotatable bonds is 3. The van der Waals surface area contributed by atoms with Gasteiger partial charge in [-0.15, -0.1) is 0 Å². The van der Waals surface area contributed by atoms with Crippen LogP contribution in [0.4, 0.5) is 0 Å². The van der Waals surface area contributed by atoms with Crippen LogP contribution in [0, 0.1) is 11.8 Å². The van der Waals surface area contributed by atoms with Crippen LogP contribution in [-0.2, 0) is 0 Å². The Hall–Kier alpha value is -0.0400. The van der Waals surface area contributed by atoms with Crippen molar-refractivity contribution in [2.75, 3.05) is 13.6 Å². The van der Waals surface area contributed by atoms with E-state index in [0.29, 0.717) is 0 Å². The molecule has 0 saturated heterocycles. The highest BCUT2D eigenvalue weighted by atomic mass is 14.8. The van der Waals surface area contributed by atoms with E-state index in [1.165, 1.54) is 25.8 Å². The number of nitrogens with one attached hydrogen (secondary N) is 1. The Morgan fingerprint density at radius 3 is 2.56 bits per heavy atom. The van der Waals surface area contributed by atoms with Gasteiger partial charge in [-0.3, -0.25) is 0 Å². The lowest BCUT2D eigenvalue weighted by atomic mass is 9.77. The predicted molar refractivity (Wildman–Crippen MR) is 40.4 cm³/mol. The second kappa shape index (κ2) is 3.21. The molecular weight excluding hydrogens is 110 g/mol. The van der Waals surface area contributed by atoms with Crippen LogP contribution in [0.1, 0.15) is 26.2 Å². The lowest BCUT2D eigenvalue weighted by molar-refractivity contribution is 0.218. The maximum Gasteiger partial charge on any atom is -0.00235 e. The zero-order chi connectivity index (χ0) is 6.69. The molecule has 1 N–H and O–H groups in total. The van der Waals surface area contributed by atoms with Crippen LogP contribution < -0.4 is 5.32 Å². The van der Waals surface area contributed by atoms with Crippen LogP contribution in [0.3, 0.4) is 0 Å². The van der Waals surface area contributed by atoms with Gasteiger partial charge in [0.2, 0.25) is 0 Å². The van der Waals surface area contributed by atoms with Crippen LogP contribution >= 0.6 is 0 Å². The molecule has 1 atom stereocenters. The Morgan fingerprint density at radius 1 is 1.56 bits per heavy atom. The maximum absolute atomic E-state index is 3.22. The third-order valence-electron chi connectivity index (χ3n) is 2.48. The predicted octanol–water partition coefficient (Wildman–Crippen LogP) is 1.64. The number of hydrogen-bond acceptors (Lipinski definition) is 1. The standard InChI is InChI=1S/C8H17N/c1-7(6-9-2)8-4-3-5-8/h7-9H,3-6H2,1-2H3. The van der Waals surface area contributed by atoms with Crippen molar-refractivity contribution in [2.45, 2.75) is 26.2 Å². The van der Waals surface area contributed by atoms with Crippen molar-refractivity contribution in [1.29, 1.82) is 0 Å². The molecule has 1 aliphatic carbocycles. The highest BCUT2D eigenvalue weighted by Gasteiger charge is 2.22. The molecule has 1 unspecified atom stereocenters. The third kappa shape index (κ3) is 1.68. The fraction of sp³-hybridized carbons (Fsp3) is 1.00. The van der Waals surface area contributed by atoms with Crippen LogP contribution in [0.5, 0.6) is 0 Å². The fourth-order valence-electron chi connectivity index (χ4n) is 1.50.